The fourth-order valence-electron chi connectivity index (χ4n) is 2.13. The lowest BCUT2D eigenvalue weighted by molar-refractivity contribution is 0.207. The first-order valence-corrected chi connectivity index (χ1v) is 8.31. The molecule has 2 aromatic carbocycles. The van der Waals surface area contributed by atoms with Crippen LogP contribution in [0.1, 0.15) is 11.1 Å². The Bertz CT molecular complexity index is 696. The van der Waals surface area contributed by atoms with Gasteiger partial charge in [-0.05, 0) is 41.8 Å². The molecule has 23 heavy (non-hydrogen) atoms. The van der Waals surface area contributed by atoms with Crippen LogP contribution < -0.4 is 5.32 Å². The van der Waals surface area contributed by atoms with Gasteiger partial charge in [0.2, 0.25) is 0 Å². The van der Waals surface area contributed by atoms with Crippen LogP contribution in [0, 0.1) is 5.82 Å². The molecular formula is C17H17BrClFN2O. The van der Waals surface area contributed by atoms with Crippen LogP contribution in [0.4, 0.5) is 9.18 Å². The number of halogens is 3. The Hall–Kier alpha value is -1.59. The van der Waals surface area contributed by atoms with E-state index in [1.54, 1.807) is 30.1 Å². The maximum absolute atomic E-state index is 13.6. The third-order valence-corrected chi connectivity index (χ3v) is 4.25. The molecule has 3 nitrogen and oxygen atoms in total. The van der Waals surface area contributed by atoms with Gasteiger partial charge < -0.3 is 10.2 Å². The van der Waals surface area contributed by atoms with Gasteiger partial charge in [-0.25, -0.2) is 9.18 Å². The summed E-state index contributed by atoms with van der Waals surface area (Å²) < 4.78 is 14.4. The lowest BCUT2D eigenvalue weighted by atomic mass is 10.1. The predicted octanol–water partition coefficient (Wildman–Crippen LogP) is 4.63. The smallest absolute Gasteiger partial charge is 0.317 e. The molecule has 0 fully saturated rings. The van der Waals surface area contributed by atoms with Crippen molar-refractivity contribution in [1.29, 1.82) is 0 Å². The molecule has 0 aromatic heterocycles. The quantitative estimate of drug-likeness (QED) is 0.781. The van der Waals surface area contributed by atoms with Gasteiger partial charge >= 0.3 is 6.03 Å². The number of hydrogen-bond acceptors (Lipinski definition) is 1. The maximum atomic E-state index is 13.6. The molecule has 0 heterocycles. The number of amides is 2. The van der Waals surface area contributed by atoms with E-state index in [0.29, 0.717) is 30.1 Å². The molecule has 2 amide bonds. The largest absolute Gasteiger partial charge is 0.338 e. The van der Waals surface area contributed by atoms with Crippen LogP contribution >= 0.6 is 27.5 Å². The second kappa shape index (κ2) is 8.31. The number of benzene rings is 2. The van der Waals surface area contributed by atoms with Crippen LogP contribution in [0.3, 0.4) is 0 Å². The Morgan fingerprint density at radius 1 is 1.26 bits per heavy atom. The van der Waals surface area contributed by atoms with Gasteiger partial charge in [-0.3, -0.25) is 0 Å². The van der Waals surface area contributed by atoms with Crippen molar-refractivity contribution >= 4 is 33.6 Å². The van der Waals surface area contributed by atoms with Crippen LogP contribution in [-0.2, 0) is 13.0 Å². The van der Waals surface area contributed by atoms with E-state index < -0.39 is 0 Å². The number of nitrogens with one attached hydrogen (secondary N) is 1. The fourth-order valence-corrected chi connectivity index (χ4v) is 2.73. The number of rotatable bonds is 5. The normalized spacial score (nSPS) is 10.4. The van der Waals surface area contributed by atoms with Gasteiger partial charge in [0.15, 0.2) is 0 Å². The molecule has 0 radical (unpaired) electrons. The number of carbonyl (C=O) groups excluding carboxylic acids is 1. The van der Waals surface area contributed by atoms with Gasteiger partial charge in [0, 0.05) is 29.6 Å². The third-order valence-electron chi connectivity index (χ3n) is 3.39. The van der Waals surface area contributed by atoms with E-state index in [9.17, 15) is 9.18 Å². The third kappa shape index (κ3) is 5.22. The first-order chi connectivity index (χ1) is 11.0. The zero-order valence-corrected chi connectivity index (χ0v) is 15.0. The highest BCUT2D eigenvalue weighted by Gasteiger charge is 2.11. The summed E-state index contributed by atoms with van der Waals surface area (Å²) in [6.07, 6.45) is 0.428. The molecule has 0 saturated carbocycles. The van der Waals surface area contributed by atoms with E-state index in [4.69, 9.17) is 11.6 Å². The minimum atomic E-state index is -0.271. The molecule has 1 N–H and O–H groups in total. The second-order valence-corrected chi connectivity index (χ2v) is 6.49. The van der Waals surface area contributed by atoms with Gasteiger partial charge in [-0.15, -0.1) is 0 Å². The first kappa shape index (κ1) is 17.8. The summed E-state index contributed by atoms with van der Waals surface area (Å²) in [5.41, 5.74) is 1.44. The van der Waals surface area contributed by atoms with Crippen molar-refractivity contribution in [3.63, 3.8) is 0 Å². The maximum Gasteiger partial charge on any atom is 0.317 e. The standard InChI is InChI=1S/C17H17BrClFN2O/c1-22(11-13-4-2-3-5-15(13)19)17(23)21-9-8-12-10-14(18)6-7-16(12)20/h2-7,10H,8-9,11H2,1H3,(H,21,23). The molecule has 0 saturated heterocycles. The molecule has 0 aliphatic carbocycles. The average molecular weight is 400 g/mol. The van der Waals surface area contributed by atoms with E-state index >= 15 is 0 Å². The summed E-state index contributed by atoms with van der Waals surface area (Å²) in [5, 5.41) is 3.41. The van der Waals surface area contributed by atoms with Crippen LogP contribution in [-0.4, -0.2) is 24.5 Å². The molecule has 0 aliphatic rings. The van der Waals surface area contributed by atoms with Gasteiger partial charge in [-0.2, -0.15) is 0 Å². The van der Waals surface area contributed by atoms with Gasteiger partial charge in [0.25, 0.3) is 0 Å². The predicted molar refractivity (Wildman–Crippen MR) is 94.1 cm³/mol. The summed E-state index contributed by atoms with van der Waals surface area (Å²) >= 11 is 9.39. The Morgan fingerprint density at radius 2 is 2.00 bits per heavy atom. The monoisotopic (exact) mass is 398 g/mol. The number of carbonyl (C=O) groups is 1. The molecule has 0 unspecified atom stereocenters. The summed E-state index contributed by atoms with van der Waals surface area (Å²) in [7, 11) is 1.69. The van der Waals surface area contributed by atoms with Crippen LogP contribution in [0.25, 0.3) is 0 Å². The molecule has 0 atom stereocenters. The molecule has 2 aromatic rings. The zero-order chi connectivity index (χ0) is 16.8. The van der Waals surface area contributed by atoms with E-state index in [0.717, 1.165) is 10.0 Å². The van der Waals surface area contributed by atoms with Crippen LogP contribution in [0.15, 0.2) is 46.9 Å². The molecule has 0 aliphatic heterocycles. The minimum Gasteiger partial charge on any atom is -0.338 e. The van der Waals surface area contributed by atoms with E-state index in [1.807, 2.05) is 18.2 Å². The molecule has 122 valence electrons. The van der Waals surface area contributed by atoms with Crippen molar-refractivity contribution in [3.8, 4) is 0 Å². The van der Waals surface area contributed by atoms with E-state index in [1.165, 1.54) is 6.07 Å². The number of urea groups is 1. The Labute approximate surface area is 148 Å². The molecule has 0 spiro atoms. The van der Waals surface area contributed by atoms with Crippen molar-refractivity contribution in [2.75, 3.05) is 13.6 Å². The van der Waals surface area contributed by atoms with Crippen molar-refractivity contribution in [2.24, 2.45) is 0 Å². The Balaban J connectivity index is 1.84. The van der Waals surface area contributed by atoms with E-state index in [2.05, 4.69) is 21.2 Å². The van der Waals surface area contributed by atoms with Crippen LogP contribution in [0.5, 0.6) is 0 Å². The lowest BCUT2D eigenvalue weighted by Gasteiger charge is -2.18. The van der Waals surface area contributed by atoms with Crippen molar-refractivity contribution in [3.05, 3.63) is 68.9 Å². The molecule has 6 heteroatoms. The van der Waals surface area contributed by atoms with Crippen molar-refractivity contribution in [1.82, 2.24) is 10.2 Å². The highest BCUT2D eigenvalue weighted by Crippen LogP contribution is 2.17. The topological polar surface area (TPSA) is 32.3 Å². The second-order valence-electron chi connectivity index (χ2n) is 5.17. The molecular weight excluding hydrogens is 383 g/mol. The van der Waals surface area contributed by atoms with Crippen LogP contribution in [0.2, 0.25) is 5.02 Å². The van der Waals surface area contributed by atoms with Crippen molar-refractivity contribution < 1.29 is 9.18 Å². The highest BCUT2D eigenvalue weighted by atomic mass is 79.9. The SMILES string of the molecule is CN(Cc1ccccc1Cl)C(=O)NCCc1cc(Br)ccc1F. The number of nitrogens with zero attached hydrogens (tertiary/aromatic N) is 1. The summed E-state index contributed by atoms with van der Waals surface area (Å²) in [6.45, 7) is 0.774. The summed E-state index contributed by atoms with van der Waals surface area (Å²) in [5.74, 6) is -0.271. The lowest BCUT2D eigenvalue weighted by Crippen LogP contribution is -2.37. The van der Waals surface area contributed by atoms with Gasteiger partial charge in [-0.1, -0.05) is 45.7 Å². The fraction of sp³-hybridized carbons (Fsp3) is 0.235. The van der Waals surface area contributed by atoms with E-state index in [-0.39, 0.29) is 11.8 Å². The van der Waals surface area contributed by atoms with Crippen molar-refractivity contribution in [2.45, 2.75) is 13.0 Å². The number of hydrogen-bond donors (Lipinski definition) is 1. The first-order valence-electron chi connectivity index (χ1n) is 7.13. The summed E-state index contributed by atoms with van der Waals surface area (Å²) in [4.78, 5) is 13.6. The minimum absolute atomic E-state index is 0.222. The summed E-state index contributed by atoms with van der Waals surface area (Å²) in [6, 6.07) is 11.9. The average Bonchev–Trinajstić information content (AvgIpc) is 2.52. The Morgan fingerprint density at radius 3 is 2.74 bits per heavy atom. The van der Waals surface area contributed by atoms with Gasteiger partial charge in [0.05, 0.1) is 0 Å². The highest BCUT2D eigenvalue weighted by molar-refractivity contribution is 9.10. The zero-order valence-electron chi connectivity index (χ0n) is 12.7. The molecule has 0 bridgehead atoms. The van der Waals surface area contributed by atoms with Gasteiger partial charge in [0.1, 0.15) is 5.82 Å². The Kier molecular flexibility index (Phi) is 6.42. The molecule has 2 rings (SSSR count).